The number of halogens is 3. The molecule has 1 aromatic heterocycles. The zero-order chi connectivity index (χ0) is 26.0. The molecule has 4 rings (SSSR count). The first-order chi connectivity index (χ1) is 17.1. The van der Waals surface area contributed by atoms with Crippen molar-refractivity contribution in [2.75, 3.05) is 7.05 Å². The van der Waals surface area contributed by atoms with Crippen LogP contribution in [0.25, 0.3) is 5.69 Å². The van der Waals surface area contributed by atoms with Crippen LogP contribution < -0.4 is 11.2 Å². The zero-order valence-electron chi connectivity index (χ0n) is 20.1. The van der Waals surface area contributed by atoms with Crippen molar-refractivity contribution in [3.8, 4) is 5.69 Å². The summed E-state index contributed by atoms with van der Waals surface area (Å²) in [6.07, 6.45) is 0.0529. The lowest BCUT2D eigenvalue weighted by molar-refractivity contribution is -0.137. The van der Waals surface area contributed by atoms with Gasteiger partial charge in [-0.15, -0.1) is 0 Å². The van der Waals surface area contributed by atoms with Gasteiger partial charge in [0.15, 0.2) is 0 Å². The molecule has 7 nitrogen and oxygen atoms in total. The van der Waals surface area contributed by atoms with E-state index in [9.17, 15) is 27.6 Å². The van der Waals surface area contributed by atoms with Gasteiger partial charge in [0.25, 0.3) is 11.5 Å². The van der Waals surface area contributed by atoms with Crippen molar-refractivity contribution in [1.82, 2.24) is 19.2 Å². The van der Waals surface area contributed by atoms with Crippen LogP contribution in [-0.4, -0.2) is 38.2 Å². The van der Waals surface area contributed by atoms with Crippen LogP contribution in [0.3, 0.4) is 0 Å². The Morgan fingerprint density at radius 1 is 1.06 bits per heavy atom. The molecule has 0 atom stereocenters. The lowest BCUT2D eigenvalue weighted by Crippen LogP contribution is -2.48. The molecule has 2 aromatic carbocycles. The van der Waals surface area contributed by atoms with Gasteiger partial charge in [-0.3, -0.25) is 14.2 Å². The van der Waals surface area contributed by atoms with Crippen molar-refractivity contribution >= 4 is 5.91 Å². The monoisotopic (exact) mass is 500 g/mol. The molecule has 1 aliphatic carbocycles. The number of amides is 1. The Morgan fingerprint density at radius 2 is 1.72 bits per heavy atom. The summed E-state index contributed by atoms with van der Waals surface area (Å²) in [5, 5.41) is 4.15. The highest BCUT2D eigenvalue weighted by atomic mass is 19.4. The third-order valence-corrected chi connectivity index (χ3v) is 6.58. The van der Waals surface area contributed by atoms with E-state index < -0.39 is 41.1 Å². The van der Waals surface area contributed by atoms with Gasteiger partial charge in [0.2, 0.25) is 5.69 Å². The average molecular weight is 501 g/mol. The predicted molar refractivity (Wildman–Crippen MR) is 128 cm³/mol. The fourth-order valence-corrected chi connectivity index (χ4v) is 4.47. The SMILES string of the molecule is Cc1ccc(-n2nc(C(=O)N(C)C3CCCCC3)c(=O)n(Cc3cccc(C(F)(F)F)c3)c2=O)cc1. The second-order valence-electron chi connectivity index (χ2n) is 9.18. The van der Waals surface area contributed by atoms with Gasteiger partial charge in [-0.2, -0.15) is 23.0 Å². The Kier molecular flexibility index (Phi) is 7.14. The number of aryl methyl sites for hydroxylation is 1. The summed E-state index contributed by atoms with van der Waals surface area (Å²) in [6.45, 7) is 1.42. The number of carbonyl (C=O) groups is 1. The van der Waals surface area contributed by atoms with Gasteiger partial charge in [-0.1, -0.05) is 49.1 Å². The molecule has 0 radical (unpaired) electrons. The summed E-state index contributed by atoms with van der Waals surface area (Å²) in [7, 11) is 1.61. The van der Waals surface area contributed by atoms with Crippen molar-refractivity contribution in [2.45, 2.75) is 57.8 Å². The number of benzene rings is 2. The molecular formula is C26H27F3N4O3. The summed E-state index contributed by atoms with van der Waals surface area (Å²) in [5.41, 5.74) is -1.77. The molecule has 36 heavy (non-hydrogen) atoms. The molecule has 0 saturated heterocycles. The highest BCUT2D eigenvalue weighted by Crippen LogP contribution is 2.29. The fourth-order valence-electron chi connectivity index (χ4n) is 4.47. The maximum atomic E-state index is 13.4. The number of rotatable bonds is 5. The van der Waals surface area contributed by atoms with E-state index in [1.165, 1.54) is 17.0 Å². The molecule has 0 N–H and O–H groups in total. The minimum atomic E-state index is -4.58. The highest BCUT2D eigenvalue weighted by Gasteiger charge is 2.31. The molecule has 1 amide bonds. The fraction of sp³-hybridized carbons (Fsp3) is 0.385. The van der Waals surface area contributed by atoms with Crippen molar-refractivity contribution in [3.63, 3.8) is 0 Å². The van der Waals surface area contributed by atoms with E-state index in [4.69, 9.17) is 0 Å². The summed E-state index contributed by atoms with van der Waals surface area (Å²) in [4.78, 5) is 41.6. The molecule has 0 unspecified atom stereocenters. The maximum Gasteiger partial charge on any atom is 0.416 e. The van der Waals surface area contributed by atoms with Crippen molar-refractivity contribution in [3.05, 3.63) is 91.8 Å². The van der Waals surface area contributed by atoms with Crippen LogP contribution in [0.1, 0.15) is 59.3 Å². The van der Waals surface area contributed by atoms with Gasteiger partial charge in [0, 0.05) is 13.1 Å². The van der Waals surface area contributed by atoms with Crippen molar-refractivity contribution in [2.24, 2.45) is 0 Å². The second kappa shape index (κ2) is 10.1. The van der Waals surface area contributed by atoms with Gasteiger partial charge in [0.1, 0.15) is 0 Å². The van der Waals surface area contributed by atoms with Crippen LogP contribution in [0.2, 0.25) is 0 Å². The molecule has 0 aliphatic heterocycles. The number of carbonyl (C=O) groups excluding carboxylic acids is 1. The number of nitrogens with zero attached hydrogens (tertiary/aromatic N) is 4. The van der Waals surface area contributed by atoms with E-state index in [2.05, 4.69) is 5.10 Å². The first-order valence-corrected chi connectivity index (χ1v) is 11.8. The Labute approximate surface area is 205 Å². The van der Waals surface area contributed by atoms with E-state index in [0.29, 0.717) is 5.69 Å². The maximum absolute atomic E-state index is 13.4. The third-order valence-electron chi connectivity index (χ3n) is 6.58. The standard InChI is InChI=1S/C26H27F3N4O3/c1-17-11-13-21(14-12-17)33-25(36)32(16-18-7-6-8-19(15-18)26(27,28)29)24(35)22(30-33)23(34)31(2)20-9-4-3-5-10-20/h6-8,11-15,20H,3-5,9-10,16H2,1-2H3. The van der Waals surface area contributed by atoms with Gasteiger partial charge >= 0.3 is 11.9 Å². The molecule has 1 saturated carbocycles. The van der Waals surface area contributed by atoms with E-state index >= 15 is 0 Å². The summed E-state index contributed by atoms with van der Waals surface area (Å²) in [6, 6.07) is 11.1. The Hall–Kier alpha value is -3.69. The Morgan fingerprint density at radius 3 is 2.36 bits per heavy atom. The molecular weight excluding hydrogens is 473 g/mol. The lowest BCUT2D eigenvalue weighted by atomic mass is 9.94. The van der Waals surface area contributed by atoms with Crippen LogP contribution >= 0.6 is 0 Å². The Balaban J connectivity index is 1.83. The minimum absolute atomic E-state index is 0.0517. The van der Waals surface area contributed by atoms with Crippen LogP contribution in [-0.2, 0) is 12.7 Å². The van der Waals surface area contributed by atoms with E-state index in [1.54, 1.807) is 31.3 Å². The number of hydrogen-bond acceptors (Lipinski definition) is 4. The van der Waals surface area contributed by atoms with E-state index in [-0.39, 0.29) is 11.6 Å². The first-order valence-electron chi connectivity index (χ1n) is 11.8. The Bertz CT molecular complexity index is 1370. The average Bonchev–Trinajstić information content (AvgIpc) is 2.87. The molecule has 1 fully saturated rings. The summed E-state index contributed by atoms with van der Waals surface area (Å²) >= 11 is 0. The second-order valence-corrected chi connectivity index (χ2v) is 9.18. The predicted octanol–water partition coefficient (Wildman–Crippen LogP) is 4.17. The van der Waals surface area contributed by atoms with Gasteiger partial charge in [-0.25, -0.2) is 4.79 Å². The van der Waals surface area contributed by atoms with E-state index in [0.717, 1.165) is 59.0 Å². The molecule has 3 aromatic rings. The van der Waals surface area contributed by atoms with Crippen LogP contribution in [0, 0.1) is 6.92 Å². The molecule has 1 aliphatic rings. The number of hydrogen-bond donors (Lipinski definition) is 0. The minimum Gasteiger partial charge on any atom is -0.337 e. The smallest absolute Gasteiger partial charge is 0.337 e. The number of alkyl halides is 3. The normalized spacial score (nSPS) is 14.6. The van der Waals surface area contributed by atoms with Crippen LogP contribution in [0.5, 0.6) is 0 Å². The van der Waals surface area contributed by atoms with Crippen molar-refractivity contribution < 1.29 is 18.0 Å². The van der Waals surface area contributed by atoms with Crippen LogP contribution in [0.4, 0.5) is 13.2 Å². The van der Waals surface area contributed by atoms with Crippen LogP contribution in [0.15, 0.2) is 58.1 Å². The molecule has 1 heterocycles. The van der Waals surface area contributed by atoms with E-state index in [1.807, 2.05) is 6.92 Å². The van der Waals surface area contributed by atoms with Gasteiger partial charge in [0.05, 0.1) is 17.8 Å². The highest BCUT2D eigenvalue weighted by molar-refractivity contribution is 5.91. The quantitative estimate of drug-likeness (QED) is 0.527. The summed E-state index contributed by atoms with van der Waals surface area (Å²) < 4.78 is 41.4. The van der Waals surface area contributed by atoms with Crippen molar-refractivity contribution in [1.29, 1.82) is 0 Å². The topological polar surface area (TPSA) is 77.2 Å². The molecule has 10 heteroatoms. The largest absolute Gasteiger partial charge is 0.416 e. The van der Waals surface area contributed by atoms with Gasteiger partial charge in [-0.05, 0) is 49.6 Å². The molecule has 190 valence electrons. The number of aromatic nitrogens is 3. The molecule has 0 bridgehead atoms. The zero-order valence-corrected chi connectivity index (χ0v) is 20.1. The molecule has 0 spiro atoms. The summed E-state index contributed by atoms with van der Waals surface area (Å²) in [5.74, 6) is -0.620. The lowest BCUT2D eigenvalue weighted by Gasteiger charge is -2.30. The third kappa shape index (κ3) is 5.27. The van der Waals surface area contributed by atoms with Gasteiger partial charge < -0.3 is 4.90 Å². The first kappa shape index (κ1) is 25.4.